The highest BCUT2D eigenvalue weighted by molar-refractivity contribution is 7.08. The van der Waals surface area contributed by atoms with Crippen molar-refractivity contribution < 1.29 is 9.59 Å². The van der Waals surface area contributed by atoms with E-state index in [9.17, 15) is 9.59 Å². The summed E-state index contributed by atoms with van der Waals surface area (Å²) >= 11 is 1.45. The van der Waals surface area contributed by atoms with Gasteiger partial charge >= 0.3 is 0 Å². The summed E-state index contributed by atoms with van der Waals surface area (Å²) in [6.45, 7) is 0.335. The normalized spacial score (nSPS) is 10.5. The molecule has 144 valence electrons. The van der Waals surface area contributed by atoms with Crippen molar-refractivity contribution in [2.45, 2.75) is 6.54 Å². The van der Waals surface area contributed by atoms with Crippen molar-refractivity contribution in [2.24, 2.45) is 0 Å². The predicted molar refractivity (Wildman–Crippen MR) is 113 cm³/mol. The van der Waals surface area contributed by atoms with Gasteiger partial charge in [-0.2, -0.15) is 16.4 Å². The number of carbonyl (C=O) groups is 2. The smallest absolute Gasteiger partial charge is 0.256 e. The van der Waals surface area contributed by atoms with Crippen molar-refractivity contribution in [2.75, 3.05) is 5.32 Å². The van der Waals surface area contributed by atoms with Crippen molar-refractivity contribution in [3.63, 3.8) is 0 Å². The fourth-order valence-electron chi connectivity index (χ4n) is 2.94. The Kier molecular flexibility index (Phi) is 5.49. The van der Waals surface area contributed by atoms with E-state index in [2.05, 4.69) is 15.7 Å². The van der Waals surface area contributed by atoms with Crippen LogP contribution in [0.4, 0.5) is 5.69 Å². The van der Waals surface area contributed by atoms with Crippen molar-refractivity contribution >= 4 is 28.8 Å². The van der Waals surface area contributed by atoms with E-state index in [0.29, 0.717) is 23.4 Å². The second-order valence-corrected chi connectivity index (χ2v) is 7.05. The number of hydrogen-bond donors (Lipinski definition) is 2. The molecule has 0 aliphatic heterocycles. The summed E-state index contributed by atoms with van der Waals surface area (Å²) < 4.78 is 1.76. The van der Waals surface area contributed by atoms with Gasteiger partial charge in [-0.05, 0) is 41.3 Å². The van der Waals surface area contributed by atoms with Crippen LogP contribution in [0.25, 0.3) is 5.69 Å². The van der Waals surface area contributed by atoms with E-state index >= 15 is 0 Å². The number of anilines is 1. The van der Waals surface area contributed by atoms with Crippen molar-refractivity contribution in [1.29, 1.82) is 0 Å². The molecule has 0 aliphatic carbocycles. The number of benzene rings is 2. The second kappa shape index (κ2) is 8.53. The summed E-state index contributed by atoms with van der Waals surface area (Å²) in [6, 6.07) is 18.3. The van der Waals surface area contributed by atoms with Gasteiger partial charge in [0.25, 0.3) is 11.8 Å². The van der Waals surface area contributed by atoms with E-state index in [4.69, 9.17) is 0 Å². The molecule has 0 saturated heterocycles. The molecule has 2 amide bonds. The summed E-state index contributed by atoms with van der Waals surface area (Å²) in [7, 11) is 0. The van der Waals surface area contributed by atoms with Gasteiger partial charge in [0.05, 0.1) is 22.5 Å². The van der Waals surface area contributed by atoms with Crippen molar-refractivity contribution in [1.82, 2.24) is 15.1 Å². The largest absolute Gasteiger partial charge is 0.348 e. The van der Waals surface area contributed by atoms with Crippen LogP contribution in [0, 0.1) is 0 Å². The third-order valence-electron chi connectivity index (χ3n) is 4.39. The number of para-hydroxylation sites is 2. The van der Waals surface area contributed by atoms with Crippen LogP contribution in [0.3, 0.4) is 0 Å². The van der Waals surface area contributed by atoms with Crippen molar-refractivity contribution in [3.8, 4) is 5.69 Å². The molecule has 2 N–H and O–H groups in total. The van der Waals surface area contributed by atoms with Gasteiger partial charge in [-0.25, -0.2) is 4.68 Å². The average molecular weight is 402 g/mol. The summed E-state index contributed by atoms with van der Waals surface area (Å²) in [5, 5.41) is 13.6. The van der Waals surface area contributed by atoms with Gasteiger partial charge in [-0.15, -0.1) is 0 Å². The molecular formula is C22H18N4O2S. The third kappa shape index (κ3) is 4.25. The van der Waals surface area contributed by atoms with E-state index in [0.717, 1.165) is 11.3 Å². The minimum Gasteiger partial charge on any atom is -0.348 e. The fourth-order valence-corrected chi connectivity index (χ4v) is 3.58. The number of thiophene rings is 1. The minimum atomic E-state index is -0.263. The Bertz CT molecular complexity index is 1120. The zero-order chi connectivity index (χ0) is 20.1. The molecule has 0 aliphatic rings. The van der Waals surface area contributed by atoms with Crippen LogP contribution in [-0.4, -0.2) is 21.6 Å². The lowest BCUT2D eigenvalue weighted by Crippen LogP contribution is -2.25. The zero-order valence-electron chi connectivity index (χ0n) is 15.4. The molecule has 0 atom stereocenters. The van der Waals surface area contributed by atoms with Crippen LogP contribution in [-0.2, 0) is 6.54 Å². The molecule has 4 aromatic rings. The molecule has 0 unspecified atom stereocenters. The lowest BCUT2D eigenvalue weighted by atomic mass is 10.1. The van der Waals surface area contributed by atoms with Gasteiger partial charge in [0.1, 0.15) is 0 Å². The number of hydrogen-bond acceptors (Lipinski definition) is 4. The molecule has 0 spiro atoms. The van der Waals surface area contributed by atoms with Crippen LogP contribution in [0.1, 0.15) is 26.3 Å². The third-order valence-corrected chi connectivity index (χ3v) is 5.07. The number of nitrogens with zero attached hydrogens (tertiary/aromatic N) is 2. The molecule has 2 aromatic carbocycles. The lowest BCUT2D eigenvalue weighted by molar-refractivity contribution is 0.0952. The summed E-state index contributed by atoms with van der Waals surface area (Å²) in [5.74, 6) is -0.503. The molecule has 4 rings (SSSR count). The van der Waals surface area contributed by atoms with Crippen LogP contribution in [0.2, 0.25) is 0 Å². The first kappa shape index (κ1) is 18.6. The van der Waals surface area contributed by atoms with E-state index in [1.165, 1.54) is 11.3 Å². The molecule has 0 fully saturated rings. The highest BCUT2D eigenvalue weighted by atomic mass is 32.1. The number of aromatic nitrogens is 2. The number of nitrogens with one attached hydrogen (secondary N) is 2. The summed E-state index contributed by atoms with van der Waals surface area (Å²) in [4.78, 5) is 25.2. The van der Waals surface area contributed by atoms with Gasteiger partial charge in [-0.1, -0.05) is 30.3 Å². The molecule has 0 saturated carbocycles. The Labute approximate surface area is 171 Å². The highest BCUT2D eigenvalue weighted by Gasteiger charge is 2.15. The SMILES string of the molecule is O=C(Nc1ccccc1C(=O)NCc1ccccc1-n1cccn1)c1ccsc1. The monoisotopic (exact) mass is 402 g/mol. The molecule has 6 nitrogen and oxygen atoms in total. The Balaban J connectivity index is 1.50. The maximum absolute atomic E-state index is 12.8. The van der Waals surface area contributed by atoms with Gasteiger partial charge in [0, 0.05) is 24.3 Å². The predicted octanol–water partition coefficient (Wildman–Crippen LogP) is 4.12. The number of carbonyl (C=O) groups excluding carboxylic acids is 2. The number of amides is 2. The first-order chi connectivity index (χ1) is 14.2. The molecule has 0 radical (unpaired) electrons. The average Bonchev–Trinajstić information content (AvgIpc) is 3.47. The van der Waals surface area contributed by atoms with E-state index < -0.39 is 0 Å². The van der Waals surface area contributed by atoms with Crippen LogP contribution >= 0.6 is 11.3 Å². The second-order valence-electron chi connectivity index (χ2n) is 6.27. The van der Waals surface area contributed by atoms with Gasteiger partial charge in [0.15, 0.2) is 0 Å². The van der Waals surface area contributed by atoms with Gasteiger partial charge in [0.2, 0.25) is 0 Å². The van der Waals surface area contributed by atoms with E-state index in [-0.39, 0.29) is 11.8 Å². The molecule has 29 heavy (non-hydrogen) atoms. The highest BCUT2D eigenvalue weighted by Crippen LogP contribution is 2.18. The van der Waals surface area contributed by atoms with Crippen LogP contribution in [0.15, 0.2) is 83.8 Å². The Morgan fingerprint density at radius 3 is 2.59 bits per heavy atom. The first-order valence-electron chi connectivity index (χ1n) is 9.01. The minimum absolute atomic E-state index is 0.240. The Morgan fingerprint density at radius 2 is 1.79 bits per heavy atom. The molecule has 2 aromatic heterocycles. The Hall–Kier alpha value is -3.71. The summed E-state index contributed by atoms with van der Waals surface area (Å²) in [6.07, 6.45) is 3.57. The summed E-state index contributed by atoms with van der Waals surface area (Å²) in [5.41, 5.74) is 3.29. The Morgan fingerprint density at radius 1 is 0.966 bits per heavy atom. The molecule has 2 heterocycles. The van der Waals surface area contributed by atoms with E-state index in [1.54, 1.807) is 46.6 Å². The topological polar surface area (TPSA) is 76.0 Å². The standard InChI is InChI=1S/C22H18N4O2S/c27-21(17-10-13-29-15-17)25-19-8-3-2-7-18(19)22(28)23-14-16-6-1-4-9-20(16)26-12-5-11-24-26/h1-13,15H,14H2,(H,23,28)(H,25,27). The number of rotatable bonds is 6. The van der Waals surface area contributed by atoms with Gasteiger partial charge < -0.3 is 10.6 Å². The quantitative estimate of drug-likeness (QED) is 0.509. The van der Waals surface area contributed by atoms with Crippen molar-refractivity contribution in [3.05, 3.63) is 101 Å². The maximum Gasteiger partial charge on any atom is 0.256 e. The molecular weight excluding hydrogens is 384 g/mol. The molecule has 0 bridgehead atoms. The lowest BCUT2D eigenvalue weighted by Gasteiger charge is -2.13. The van der Waals surface area contributed by atoms with Crippen LogP contribution in [0.5, 0.6) is 0 Å². The zero-order valence-corrected chi connectivity index (χ0v) is 16.2. The van der Waals surface area contributed by atoms with Gasteiger partial charge in [-0.3, -0.25) is 9.59 Å². The fraction of sp³-hybridized carbons (Fsp3) is 0.0455. The maximum atomic E-state index is 12.8. The van der Waals surface area contributed by atoms with E-state index in [1.807, 2.05) is 41.9 Å². The molecule has 7 heteroatoms. The van der Waals surface area contributed by atoms with Crippen LogP contribution < -0.4 is 10.6 Å². The first-order valence-corrected chi connectivity index (χ1v) is 9.95.